The van der Waals surface area contributed by atoms with Gasteiger partial charge in [-0.3, -0.25) is 9.20 Å². The third kappa shape index (κ3) is 3.13. The Morgan fingerprint density at radius 3 is 2.44 bits per heavy atom. The van der Waals surface area contributed by atoms with E-state index >= 15 is 0 Å². The molecular formula is C21H17FN2O2S. The van der Waals surface area contributed by atoms with Crippen LogP contribution in [0.4, 0.5) is 4.39 Å². The number of nitrogens with zero attached hydrogens (tertiary/aromatic N) is 2. The summed E-state index contributed by atoms with van der Waals surface area (Å²) in [7, 11) is 0. The average molecular weight is 380 g/mol. The van der Waals surface area contributed by atoms with Crippen LogP contribution in [-0.2, 0) is 17.6 Å². The zero-order valence-corrected chi connectivity index (χ0v) is 15.5. The first-order valence-corrected chi connectivity index (χ1v) is 9.46. The number of aromatic nitrogens is 2. The van der Waals surface area contributed by atoms with Crippen molar-refractivity contribution in [3.05, 3.63) is 71.0 Å². The van der Waals surface area contributed by atoms with Crippen molar-refractivity contribution in [1.29, 1.82) is 0 Å². The maximum absolute atomic E-state index is 13.4. The molecule has 0 unspecified atom stereocenters. The fraction of sp³-hybridized carbons (Fsp3) is 0.143. The van der Waals surface area contributed by atoms with Crippen LogP contribution < -0.4 is 0 Å². The number of carbonyl (C=O) groups is 1. The van der Waals surface area contributed by atoms with Crippen molar-refractivity contribution in [2.45, 2.75) is 19.8 Å². The van der Waals surface area contributed by atoms with Crippen LogP contribution in [-0.4, -0.2) is 20.5 Å². The van der Waals surface area contributed by atoms with Gasteiger partial charge in [0, 0.05) is 10.4 Å². The number of halogens is 1. The molecule has 1 N–H and O–H groups in total. The molecular weight excluding hydrogens is 363 g/mol. The van der Waals surface area contributed by atoms with Crippen LogP contribution in [0.5, 0.6) is 0 Å². The fourth-order valence-corrected chi connectivity index (χ4v) is 4.47. The van der Waals surface area contributed by atoms with Crippen molar-refractivity contribution < 1.29 is 14.3 Å². The van der Waals surface area contributed by atoms with Crippen LogP contribution in [0.25, 0.3) is 27.5 Å². The molecule has 0 bridgehead atoms. The lowest BCUT2D eigenvalue weighted by atomic mass is 10.1. The summed E-state index contributed by atoms with van der Waals surface area (Å²) in [5, 5.41) is 9.32. The van der Waals surface area contributed by atoms with Gasteiger partial charge in [-0.25, -0.2) is 9.37 Å². The Labute approximate surface area is 159 Å². The SMILES string of the molecule is CCc1c(-c2ccccc2)nc2sc(CC(=O)O)c(-c3ccc(F)cc3)n12. The first-order chi connectivity index (χ1) is 13.1. The van der Waals surface area contributed by atoms with Gasteiger partial charge in [-0.15, -0.1) is 11.3 Å². The number of hydrogen-bond acceptors (Lipinski definition) is 3. The van der Waals surface area contributed by atoms with Gasteiger partial charge in [0.2, 0.25) is 0 Å². The number of carboxylic acid groups (broad SMARTS) is 1. The van der Waals surface area contributed by atoms with E-state index in [-0.39, 0.29) is 12.2 Å². The van der Waals surface area contributed by atoms with Gasteiger partial charge in [-0.05, 0) is 36.2 Å². The van der Waals surface area contributed by atoms with Gasteiger partial charge in [-0.2, -0.15) is 0 Å². The number of hydrogen-bond donors (Lipinski definition) is 1. The molecule has 0 aliphatic carbocycles. The van der Waals surface area contributed by atoms with Crippen molar-refractivity contribution in [1.82, 2.24) is 9.38 Å². The number of rotatable bonds is 5. The first-order valence-electron chi connectivity index (χ1n) is 8.64. The average Bonchev–Trinajstić information content (AvgIpc) is 3.18. The van der Waals surface area contributed by atoms with E-state index in [1.807, 2.05) is 34.7 Å². The van der Waals surface area contributed by atoms with Crippen molar-refractivity contribution in [2.24, 2.45) is 0 Å². The molecule has 0 fully saturated rings. The molecule has 4 aromatic rings. The molecule has 2 aromatic carbocycles. The number of aryl methyl sites for hydroxylation is 1. The first kappa shape index (κ1) is 17.4. The lowest BCUT2D eigenvalue weighted by Gasteiger charge is -2.08. The van der Waals surface area contributed by atoms with Gasteiger partial charge in [-0.1, -0.05) is 37.3 Å². The Kier molecular flexibility index (Phi) is 4.49. The van der Waals surface area contributed by atoms with Crippen LogP contribution in [0.15, 0.2) is 54.6 Å². The van der Waals surface area contributed by atoms with Gasteiger partial charge in [0.1, 0.15) is 5.82 Å². The molecule has 0 amide bonds. The zero-order chi connectivity index (χ0) is 19.0. The molecule has 4 rings (SSSR count). The highest BCUT2D eigenvalue weighted by Gasteiger charge is 2.23. The minimum atomic E-state index is -0.899. The van der Waals surface area contributed by atoms with E-state index in [1.165, 1.54) is 23.5 Å². The third-order valence-corrected chi connectivity index (χ3v) is 5.50. The molecule has 0 radical (unpaired) electrons. The van der Waals surface area contributed by atoms with Crippen molar-refractivity contribution in [3.8, 4) is 22.5 Å². The molecule has 0 atom stereocenters. The molecule has 0 spiro atoms. The second kappa shape index (κ2) is 6.96. The maximum Gasteiger partial charge on any atom is 0.308 e. The van der Waals surface area contributed by atoms with E-state index in [1.54, 1.807) is 12.1 Å². The molecule has 0 aliphatic heterocycles. The lowest BCUT2D eigenvalue weighted by Crippen LogP contribution is -2.02. The zero-order valence-electron chi connectivity index (χ0n) is 14.6. The molecule has 6 heteroatoms. The van der Waals surface area contributed by atoms with Gasteiger partial charge in [0.15, 0.2) is 4.96 Å². The summed E-state index contributed by atoms with van der Waals surface area (Å²) in [6.45, 7) is 2.05. The molecule has 0 saturated carbocycles. The molecule has 27 heavy (non-hydrogen) atoms. The highest BCUT2D eigenvalue weighted by Crippen LogP contribution is 2.37. The summed E-state index contributed by atoms with van der Waals surface area (Å²) in [4.78, 5) is 17.6. The lowest BCUT2D eigenvalue weighted by molar-refractivity contribution is -0.136. The number of aliphatic carboxylic acids is 1. The molecule has 2 heterocycles. The van der Waals surface area contributed by atoms with E-state index in [2.05, 4.69) is 6.92 Å². The van der Waals surface area contributed by atoms with Crippen LogP contribution in [0, 0.1) is 5.82 Å². The monoisotopic (exact) mass is 380 g/mol. The second-order valence-electron chi connectivity index (χ2n) is 6.20. The quantitative estimate of drug-likeness (QED) is 0.527. The van der Waals surface area contributed by atoms with Crippen LogP contribution in [0.1, 0.15) is 17.5 Å². The Morgan fingerprint density at radius 2 is 1.81 bits per heavy atom. The summed E-state index contributed by atoms with van der Waals surface area (Å²) in [6.07, 6.45) is 0.646. The highest BCUT2D eigenvalue weighted by molar-refractivity contribution is 7.17. The highest BCUT2D eigenvalue weighted by atomic mass is 32.1. The van der Waals surface area contributed by atoms with E-state index in [9.17, 15) is 14.3 Å². The topological polar surface area (TPSA) is 54.6 Å². The van der Waals surface area contributed by atoms with Gasteiger partial charge in [0.05, 0.1) is 23.5 Å². The second-order valence-corrected chi connectivity index (χ2v) is 7.26. The Morgan fingerprint density at radius 1 is 1.11 bits per heavy atom. The Bertz CT molecular complexity index is 1110. The molecule has 0 aliphatic rings. The van der Waals surface area contributed by atoms with Crippen LogP contribution >= 0.6 is 11.3 Å². The molecule has 4 nitrogen and oxygen atoms in total. The predicted molar refractivity (Wildman–Crippen MR) is 105 cm³/mol. The van der Waals surface area contributed by atoms with Gasteiger partial charge in [0.25, 0.3) is 0 Å². The van der Waals surface area contributed by atoms with Crippen molar-refractivity contribution in [2.75, 3.05) is 0 Å². The largest absolute Gasteiger partial charge is 0.481 e. The summed E-state index contributed by atoms with van der Waals surface area (Å²) in [6, 6.07) is 16.1. The van der Waals surface area contributed by atoms with Crippen molar-refractivity contribution in [3.63, 3.8) is 0 Å². The number of fused-ring (bicyclic) bond motifs is 1. The van der Waals surface area contributed by atoms with E-state index in [0.29, 0.717) is 4.88 Å². The predicted octanol–water partition coefficient (Wildman–Crippen LogP) is 5.06. The Balaban J connectivity index is 2.01. The summed E-state index contributed by atoms with van der Waals surface area (Å²) in [5.41, 5.74) is 4.50. The third-order valence-electron chi connectivity index (χ3n) is 4.46. The smallest absolute Gasteiger partial charge is 0.308 e. The van der Waals surface area contributed by atoms with E-state index in [4.69, 9.17) is 4.98 Å². The van der Waals surface area contributed by atoms with Crippen molar-refractivity contribution >= 4 is 22.3 Å². The fourth-order valence-electron chi connectivity index (χ4n) is 3.32. The number of carboxylic acids is 1. The van der Waals surface area contributed by atoms with Gasteiger partial charge >= 0.3 is 5.97 Å². The number of thiazole rings is 1. The molecule has 136 valence electrons. The molecule has 2 aromatic heterocycles. The maximum atomic E-state index is 13.4. The minimum absolute atomic E-state index is 0.0927. The Hall–Kier alpha value is -2.99. The van der Waals surface area contributed by atoms with E-state index in [0.717, 1.165) is 39.6 Å². The van der Waals surface area contributed by atoms with Gasteiger partial charge < -0.3 is 5.11 Å². The van der Waals surface area contributed by atoms with Crippen LogP contribution in [0.3, 0.4) is 0 Å². The molecule has 0 saturated heterocycles. The summed E-state index contributed by atoms with van der Waals surface area (Å²) in [5.74, 6) is -1.22. The minimum Gasteiger partial charge on any atom is -0.481 e. The summed E-state index contributed by atoms with van der Waals surface area (Å²) < 4.78 is 15.4. The number of benzene rings is 2. The van der Waals surface area contributed by atoms with Crippen LogP contribution in [0.2, 0.25) is 0 Å². The normalized spacial score (nSPS) is 11.2. The van der Waals surface area contributed by atoms with E-state index < -0.39 is 5.97 Å². The number of imidazole rings is 1. The standard InChI is InChI=1S/C21H17FN2O2S/c1-2-16-19(13-6-4-3-5-7-13)23-21-24(16)20(17(27-21)12-18(25)26)14-8-10-15(22)11-9-14/h3-11H,2,12H2,1H3,(H,25,26). The summed E-state index contributed by atoms with van der Waals surface area (Å²) >= 11 is 1.37.